The van der Waals surface area contributed by atoms with E-state index in [-0.39, 0.29) is 17.3 Å². The Morgan fingerprint density at radius 2 is 1.81 bits per heavy atom. The highest BCUT2D eigenvalue weighted by Crippen LogP contribution is 2.35. The largest absolute Gasteiger partial charge is 0.487 e. The lowest BCUT2D eigenvalue weighted by molar-refractivity contribution is -0.123. The summed E-state index contributed by atoms with van der Waals surface area (Å²) in [4.78, 5) is 24.2. The first-order chi connectivity index (χ1) is 12.8. The van der Waals surface area contributed by atoms with Gasteiger partial charge in [-0.3, -0.25) is 20.2 Å². The Kier molecular flexibility index (Phi) is 6.31. The zero-order chi connectivity index (χ0) is 19.6. The number of rotatable bonds is 4. The first-order valence-electron chi connectivity index (χ1n) is 7.58. The lowest BCUT2D eigenvalue weighted by atomic mass is 10.1. The van der Waals surface area contributed by atoms with Crippen molar-refractivity contribution in [2.24, 2.45) is 0 Å². The highest BCUT2D eigenvalue weighted by Gasteiger charge is 2.26. The smallest absolute Gasteiger partial charge is 0.263 e. The number of ether oxygens (including phenoxy) is 1. The molecule has 2 aromatic rings. The third kappa shape index (κ3) is 4.95. The predicted octanol–water partition coefficient (Wildman–Crippen LogP) is 4.36. The molecule has 0 bridgehead atoms. The van der Waals surface area contributed by atoms with E-state index in [0.29, 0.717) is 20.8 Å². The molecule has 1 aliphatic heterocycles. The molecule has 0 aliphatic carbocycles. The fourth-order valence-corrected chi connectivity index (χ4v) is 4.15. The molecule has 1 heterocycles. The summed E-state index contributed by atoms with van der Waals surface area (Å²) >= 11 is 17.7. The zero-order valence-electron chi connectivity index (χ0n) is 13.5. The SMILES string of the molecule is O=C1NC(=S)NC(=O)C1=Cc1cc(Br)cc(Br)c1OCc1cccc(Cl)c1. The second-order valence-corrected chi connectivity index (χ2v) is 8.13. The molecule has 0 saturated carbocycles. The third-order valence-corrected chi connectivity index (χ3v) is 5.04. The Hall–Kier alpha value is -1.74. The predicted molar refractivity (Wildman–Crippen MR) is 114 cm³/mol. The zero-order valence-corrected chi connectivity index (χ0v) is 18.3. The van der Waals surface area contributed by atoms with Crippen LogP contribution in [-0.2, 0) is 16.2 Å². The van der Waals surface area contributed by atoms with E-state index in [1.807, 2.05) is 18.2 Å². The standard InChI is InChI=1S/C18H11Br2ClN2O3S/c19-11-5-10(6-13-16(24)22-18(27)23-17(13)25)15(14(20)7-11)26-8-9-2-1-3-12(21)4-9/h1-7H,8H2,(H2,22,23,24,25,27). The highest BCUT2D eigenvalue weighted by molar-refractivity contribution is 9.11. The summed E-state index contributed by atoms with van der Waals surface area (Å²) in [6, 6.07) is 10.9. The molecule has 9 heteroatoms. The number of nitrogens with one attached hydrogen (secondary N) is 2. The Morgan fingerprint density at radius 1 is 1.11 bits per heavy atom. The Balaban J connectivity index is 1.95. The minimum absolute atomic E-state index is 0.0185. The van der Waals surface area contributed by atoms with E-state index in [2.05, 4.69) is 42.5 Å². The molecule has 1 fully saturated rings. The van der Waals surface area contributed by atoms with E-state index in [1.165, 1.54) is 6.08 Å². The van der Waals surface area contributed by atoms with Gasteiger partial charge < -0.3 is 4.74 Å². The van der Waals surface area contributed by atoms with Crippen molar-refractivity contribution in [1.82, 2.24) is 10.6 Å². The molecule has 0 atom stereocenters. The fraction of sp³-hybridized carbons (Fsp3) is 0.0556. The van der Waals surface area contributed by atoms with Gasteiger partial charge in [-0.05, 0) is 64.1 Å². The van der Waals surface area contributed by atoms with Gasteiger partial charge in [-0.25, -0.2) is 0 Å². The summed E-state index contributed by atoms with van der Waals surface area (Å²) in [5.41, 5.74) is 1.36. The maximum absolute atomic E-state index is 12.1. The van der Waals surface area contributed by atoms with E-state index >= 15 is 0 Å². The summed E-state index contributed by atoms with van der Waals surface area (Å²) in [5.74, 6) is -0.652. The van der Waals surface area contributed by atoms with Crippen LogP contribution in [0.1, 0.15) is 11.1 Å². The minimum atomic E-state index is -0.569. The van der Waals surface area contributed by atoms with Gasteiger partial charge in [0.15, 0.2) is 5.11 Å². The average Bonchev–Trinajstić information content (AvgIpc) is 2.57. The normalized spacial score (nSPS) is 13.9. The van der Waals surface area contributed by atoms with E-state index in [9.17, 15) is 9.59 Å². The van der Waals surface area contributed by atoms with E-state index in [1.54, 1.807) is 18.2 Å². The van der Waals surface area contributed by atoms with Crippen LogP contribution in [0.15, 0.2) is 50.9 Å². The molecular weight excluding hydrogens is 520 g/mol. The average molecular weight is 531 g/mol. The Bertz CT molecular complexity index is 973. The van der Waals surface area contributed by atoms with Gasteiger partial charge in [-0.1, -0.05) is 39.7 Å². The summed E-state index contributed by atoms with van der Waals surface area (Å²) < 4.78 is 7.35. The van der Waals surface area contributed by atoms with Crippen molar-refractivity contribution in [3.05, 3.63) is 67.1 Å². The first kappa shape index (κ1) is 20.0. The monoisotopic (exact) mass is 528 g/mol. The highest BCUT2D eigenvalue weighted by atomic mass is 79.9. The van der Waals surface area contributed by atoms with Gasteiger partial charge in [0.25, 0.3) is 11.8 Å². The Morgan fingerprint density at radius 3 is 2.48 bits per heavy atom. The molecule has 1 saturated heterocycles. The van der Waals surface area contributed by atoms with Gasteiger partial charge in [0.1, 0.15) is 17.9 Å². The van der Waals surface area contributed by atoms with Crippen LogP contribution in [0.2, 0.25) is 5.02 Å². The quantitative estimate of drug-likeness (QED) is 0.350. The van der Waals surface area contributed by atoms with E-state index < -0.39 is 11.8 Å². The Labute approximate surface area is 182 Å². The summed E-state index contributed by atoms with van der Waals surface area (Å²) in [7, 11) is 0. The summed E-state index contributed by atoms with van der Waals surface area (Å²) in [6.07, 6.45) is 1.45. The molecule has 0 unspecified atom stereocenters. The van der Waals surface area contributed by atoms with E-state index in [0.717, 1.165) is 10.0 Å². The van der Waals surface area contributed by atoms with Crippen molar-refractivity contribution in [3.8, 4) is 5.75 Å². The van der Waals surface area contributed by atoms with Crippen LogP contribution in [0, 0.1) is 0 Å². The molecule has 2 aromatic carbocycles. The van der Waals surface area contributed by atoms with Gasteiger partial charge in [0.05, 0.1) is 4.47 Å². The molecule has 3 rings (SSSR count). The number of hydrogen-bond donors (Lipinski definition) is 2. The second kappa shape index (κ2) is 8.52. The molecule has 1 aliphatic rings. The summed E-state index contributed by atoms with van der Waals surface area (Å²) in [5, 5.41) is 5.40. The molecule has 27 heavy (non-hydrogen) atoms. The molecule has 2 N–H and O–H groups in total. The molecular formula is C18H11Br2ClN2O3S. The maximum Gasteiger partial charge on any atom is 0.263 e. The number of amides is 2. The van der Waals surface area contributed by atoms with E-state index in [4.69, 9.17) is 28.6 Å². The topological polar surface area (TPSA) is 67.4 Å². The van der Waals surface area contributed by atoms with Crippen molar-refractivity contribution in [2.75, 3.05) is 0 Å². The van der Waals surface area contributed by atoms with Crippen LogP contribution < -0.4 is 15.4 Å². The van der Waals surface area contributed by atoms with Gasteiger partial charge in [0.2, 0.25) is 0 Å². The molecule has 2 amide bonds. The van der Waals surface area contributed by atoms with Crippen molar-refractivity contribution < 1.29 is 14.3 Å². The van der Waals surface area contributed by atoms with Crippen LogP contribution in [-0.4, -0.2) is 16.9 Å². The van der Waals surface area contributed by atoms with Crippen molar-refractivity contribution in [1.29, 1.82) is 0 Å². The molecule has 0 spiro atoms. The molecule has 0 radical (unpaired) electrons. The lowest BCUT2D eigenvalue weighted by Gasteiger charge is -2.17. The van der Waals surface area contributed by atoms with Crippen LogP contribution >= 0.6 is 55.7 Å². The second-order valence-electron chi connectivity index (χ2n) is 5.52. The number of benzene rings is 2. The van der Waals surface area contributed by atoms with Crippen LogP contribution in [0.5, 0.6) is 5.75 Å². The number of carbonyl (C=O) groups is 2. The van der Waals surface area contributed by atoms with Crippen LogP contribution in [0.3, 0.4) is 0 Å². The van der Waals surface area contributed by atoms with Crippen molar-refractivity contribution in [2.45, 2.75) is 6.61 Å². The number of hydrogen-bond acceptors (Lipinski definition) is 4. The minimum Gasteiger partial charge on any atom is -0.487 e. The molecule has 0 aromatic heterocycles. The third-order valence-electron chi connectivity index (χ3n) is 3.55. The molecule has 138 valence electrons. The maximum atomic E-state index is 12.1. The van der Waals surface area contributed by atoms with Crippen molar-refractivity contribution >= 4 is 78.7 Å². The van der Waals surface area contributed by atoms with Crippen LogP contribution in [0.4, 0.5) is 0 Å². The van der Waals surface area contributed by atoms with Gasteiger partial charge >= 0.3 is 0 Å². The van der Waals surface area contributed by atoms with Crippen molar-refractivity contribution in [3.63, 3.8) is 0 Å². The van der Waals surface area contributed by atoms with Gasteiger partial charge in [-0.2, -0.15) is 0 Å². The lowest BCUT2D eigenvalue weighted by Crippen LogP contribution is -2.51. The van der Waals surface area contributed by atoms with Gasteiger partial charge in [-0.15, -0.1) is 0 Å². The summed E-state index contributed by atoms with van der Waals surface area (Å²) in [6.45, 7) is 0.263. The van der Waals surface area contributed by atoms with Gasteiger partial charge in [0, 0.05) is 15.1 Å². The number of halogens is 3. The fourth-order valence-electron chi connectivity index (χ4n) is 2.38. The molecule has 5 nitrogen and oxygen atoms in total. The number of carbonyl (C=O) groups excluding carboxylic acids is 2. The number of thiocarbonyl (C=S) groups is 1. The first-order valence-corrected chi connectivity index (χ1v) is 9.95. The van der Waals surface area contributed by atoms with Crippen LogP contribution in [0.25, 0.3) is 6.08 Å².